The van der Waals surface area contributed by atoms with Crippen molar-refractivity contribution in [1.29, 1.82) is 0 Å². The SMILES string of the molecule is COc1ccc(C(=O)NCCOCC(=O)O)cc1S(=O)(=O)N1CCCC1. The first kappa shape index (κ1) is 20.1. The molecule has 2 rings (SSSR count). The fraction of sp³-hybridized carbons (Fsp3) is 0.500. The van der Waals surface area contributed by atoms with E-state index < -0.39 is 28.5 Å². The minimum atomic E-state index is -3.74. The van der Waals surface area contributed by atoms with Crippen molar-refractivity contribution in [2.45, 2.75) is 17.7 Å². The summed E-state index contributed by atoms with van der Waals surface area (Å²) in [5.74, 6) is -1.40. The molecule has 10 heteroatoms. The van der Waals surface area contributed by atoms with Crippen molar-refractivity contribution in [3.8, 4) is 5.75 Å². The molecule has 1 heterocycles. The lowest BCUT2D eigenvalue weighted by Gasteiger charge is -2.18. The number of hydrogen-bond donors (Lipinski definition) is 2. The number of nitrogens with zero attached hydrogens (tertiary/aromatic N) is 1. The van der Waals surface area contributed by atoms with Crippen molar-refractivity contribution in [3.05, 3.63) is 23.8 Å². The Morgan fingerprint density at radius 1 is 1.27 bits per heavy atom. The molecular weight excluding hydrogens is 364 g/mol. The molecular formula is C16H22N2O7S. The number of aliphatic carboxylic acids is 1. The van der Waals surface area contributed by atoms with Gasteiger partial charge in [0.05, 0.1) is 13.7 Å². The highest BCUT2D eigenvalue weighted by Gasteiger charge is 2.30. The molecule has 1 saturated heterocycles. The Kier molecular flexibility index (Phi) is 6.95. The quantitative estimate of drug-likeness (QED) is 0.586. The van der Waals surface area contributed by atoms with Gasteiger partial charge in [-0.3, -0.25) is 4.79 Å². The minimum Gasteiger partial charge on any atom is -0.495 e. The summed E-state index contributed by atoms with van der Waals surface area (Å²) in [6.07, 6.45) is 1.61. The van der Waals surface area contributed by atoms with Crippen molar-refractivity contribution in [3.63, 3.8) is 0 Å². The molecule has 0 saturated carbocycles. The van der Waals surface area contributed by atoms with Gasteiger partial charge < -0.3 is 19.9 Å². The predicted octanol–water partition coefficient (Wildman–Crippen LogP) is 0.311. The number of carboxylic acids is 1. The van der Waals surface area contributed by atoms with E-state index in [1.165, 1.54) is 29.6 Å². The molecule has 0 aromatic heterocycles. The first-order valence-electron chi connectivity index (χ1n) is 8.12. The number of carboxylic acid groups (broad SMARTS) is 1. The highest BCUT2D eigenvalue weighted by Crippen LogP contribution is 2.29. The van der Waals surface area contributed by atoms with E-state index in [1.54, 1.807) is 0 Å². The second-order valence-electron chi connectivity index (χ2n) is 5.68. The largest absolute Gasteiger partial charge is 0.495 e. The predicted molar refractivity (Wildman–Crippen MR) is 91.8 cm³/mol. The van der Waals surface area contributed by atoms with Gasteiger partial charge in [-0.15, -0.1) is 0 Å². The summed E-state index contributed by atoms with van der Waals surface area (Å²) in [6.45, 7) is 0.585. The number of ether oxygens (including phenoxy) is 2. The fourth-order valence-corrected chi connectivity index (χ4v) is 4.28. The molecule has 1 aliphatic rings. The normalized spacial score (nSPS) is 15.0. The number of hydrogen-bond acceptors (Lipinski definition) is 6. The summed E-state index contributed by atoms with van der Waals surface area (Å²) in [5.41, 5.74) is 0.168. The van der Waals surface area contributed by atoms with E-state index in [-0.39, 0.29) is 29.4 Å². The van der Waals surface area contributed by atoms with Crippen LogP contribution in [0, 0.1) is 0 Å². The molecule has 9 nitrogen and oxygen atoms in total. The van der Waals surface area contributed by atoms with Crippen LogP contribution >= 0.6 is 0 Å². The van der Waals surface area contributed by atoms with E-state index in [9.17, 15) is 18.0 Å². The Morgan fingerprint density at radius 3 is 2.58 bits per heavy atom. The lowest BCUT2D eigenvalue weighted by molar-refractivity contribution is -0.142. The summed E-state index contributed by atoms with van der Waals surface area (Å²) in [5, 5.41) is 11.0. The highest BCUT2D eigenvalue weighted by atomic mass is 32.2. The van der Waals surface area contributed by atoms with Gasteiger partial charge in [0.15, 0.2) is 0 Å². The first-order chi connectivity index (χ1) is 12.4. The highest BCUT2D eigenvalue weighted by molar-refractivity contribution is 7.89. The summed E-state index contributed by atoms with van der Waals surface area (Å²) in [4.78, 5) is 22.5. The molecule has 1 aliphatic heterocycles. The monoisotopic (exact) mass is 386 g/mol. The van der Waals surface area contributed by atoms with E-state index in [0.29, 0.717) is 13.1 Å². The number of rotatable bonds is 9. The van der Waals surface area contributed by atoms with E-state index in [1.807, 2.05) is 0 Å². The average Bonchev–Trinajstić information content (AvgIpc) is 3.16. The van der Waals surface area contributed by atoms with E-state index >= 15 is 0 Å². The van der Waals surface area contributed by atoms with Crippen LogP contribution in [0.2, 0.25) is 0 Å². The smallest absolute Gasteiger partial charge is 0.329 e. The third-order valence-corrected chi connectivity index (χ3v) is 5.79. The summed E-state index contributed by atoms with van der Waals surface area (Å²) in [7, 11) is -2.36. The number of methoxy groups -OCH3 is 1. The van der Waals surface area contributed by atoms with Crippen LogP contribution < -0.4 is 10.1 Å². The summed E-state index contributed by atoms with van der Waals surface area (Å²) < 4.78 is 36.9. The molecule has 0 atom stereocenters. The molecule has 1 aromatic carbocycles. The van der Waals surface area contributed by atoms with Crippen LogP contribution in [0.1, 0.15) is 23.2 Å². The van der Waals surface area contributed by atoms with Crippen molar-refractivity contribution < 1.29 is 32.6 Å². The van der Waals surface area contributed by atoms with Crippen LogP contribution in [0.25, 0.3) is 0 Å². The van der Waals surface area contributed by atoms with Crippen molar-refractivity contribution in [2.24, 2.45) is 0 Å². The molecule has 0 spiro atoms. The zero-order valence-electron chi connectivity index (χ0n) is 14.4. The Bertz CT molecular complexity index is 758. The van der Waals surface area contributed by atoms with Gasteiger partial charge in [0, 0.05) is 25.2 Å². The third-order valence-electron chi connectivity index (χ3n) is 3.87. The lowest BCUT2D eigenvalue weighted by atomic mass is 10.2. The molecule has 0 unspecified atom stereocenters. The molecule has 2 N–H and O–H groups in total. The number of carbonyl (C=O) groups excluding carboxylic acids is 1. The summed E-state index contributed by atoms with van der Waals surface area (Å²) >= 11 is 0. The molecule has 0 radical (unpaired) electrons. The van der Waals surface area contributed by atoms with Crippen molar-refractivity contribution >= 4 is 21.9 Å². The van der Waals surface area contributed by atoms with Gasteiger partial charge in [-0.25, -0.2) is 13.2 Å². The topological polar surface area (TPSA) is 122 Å². The Labute approximate surface area is 151 Å². The van der Waals surface area contributed by atoms with Crippen LogP contribution in [-0.4, -0.2) is 69.7 Å². The molecule has 144 valence electrons. The Balaban J connectivity index is 2.10. The molecule has 1 aromatic rings. The number of benzene rings is 1. The molecule has 1 amide bonds. The molecule has 0 bridgehead atoms. The van der Waals surface area contributed by atoms with Crippen LogP contribution in [0.15, 0.2) is 23.1 Å². The van der Waals surface area contributed by atoms with E-state index in [4.69, 9.17) is 14.6 Å². The number of sulfonamides is 1. The van der Waals surface area contributed by atoms with Gasteiger partial charge in [0.2, 0.25) is 10.0 Å². The molecule has 0 aliphatic carbocycles. The first-order valence-corrected chi connectivity index (χ1v) is 9.56. The Hall–Kier alpha value is -2.17. The van der Waals surface area contributed by atoms with Gasteiger partial charge in [-0.2, -0.15) is 4.31 Å². The van der Waals surface area contributed by atoms with Crippen molar-refractivity contribution in [2.75, 3.05) is 40.0 Å². The van der Waals surface area contributed by atoms with Gasteiger partial charge in [-0.05, 0) is 31.0 Å². The molecule has 26 heavy (non-hydrogen) atoms. The average molecular weight is 386 g/mol. The number of carbonyl (C=O) groups is 2. The zero-order valence-corrected chi connectivity index (χ0v) is 15.3. The lowest BCUT2D eigenvalue weighted by Crippen LogP contribution is -2.30. The molecule has 1 fully saturated rings. The van der Waals surface area contributed by atoms with Crippen LogP contribution in [0.4, 0.5) is 0 Å². The second-order valence-corrected chi connectivity index (χ2v) is 7.59. The van der Waals surface area contributed by atoms with E-state index in [0.717, 1.165) is 12.8 Å². The standard InChI is InChI=1S/C16H22N2O7S/c1-24-13-5-4-12(16(21)17-6-9-25-11-15(19)20)10-14(13)26(22,23)18-7-2-3-8-18/h4-5,10H,2-3,6-9,11H2,1H3,(H,17,21)(H,19,20). The van der Waals surface area contributed by atoms with Gasteiger partial charge in [0.1, 0.15) is 17.3 Å². The Morgan fingerprint density at radius 2 is 1.96 bits per heavy atom. The number of nitrogens with one attached hydrogen (secondary N) is 1. The van der Waals surface area contributed by atoms with Crippen LogP contribution in [0.5, 0.6) is 5.75 Å². The van der Waals surface area contributed by atoms with E-state index in [2.05, 4.69) is 5.32 Å². The van der Waals surface area contributed by atoms with Crippen molar-refractivity contribution in [1.82, 2.24) is 9.62 Å². The fourth-order valence-electron chi connectivity index (χ4n) is 2.59. The minimum absolute atomic E-state index is 0.0348. The zero-order chi connectivity index (χ0) is 19.2. The van der Waals surface area contributed by atoms with Crippen LogP contribution in [-0.2, 0) is 19.6 Å². The maximum atomic E-state index is 12.8. The third kappa shape index (κ3) is 4.93. The van der Waals surface area contributed by atoms with Gasteiger partial charge in [-0.1, -0.05) is 0 Å². The maximum absolute atomic E-state index is 12.8. The van der Waals surface area contributed by atoms with Gasteiger partial charge >= 0.3 is 5.97 Å². The van der Waals surface area contributed by atoms with Crippen LogP contribution in [0.3, 0.4) is 0 Å². The number of amides is 1. The summed E-state index contributed by atoms with van der Waals surface area (Å²) in [6, 6.07) is 4.20. The second kappa shape index (κ2) is 8.97. The maximum Gasteiger partial charge on any atom is 0.329 e. The van der Waals surface area contributed by atoms with Gasteiger partial charge in [0.25, 0.3) is 5.91 Å².